The van der Waals surface area contributed by atoms with E-state index in [4.69, 9.17) is 5.73 Å². The molecule has 8 nitrogen and oxygen atoms in total. The molecule has 26 heavy (non-hydrogen) atoms. The van der Waals surface area contributed by atoms with Gasteiger partial charge >= 0.3 is 0 Å². The fourth-order valence-corrected chi connectivity index (χ4v) is 3.23. The maximum atomic E-state index is 12.3. The Labute approximate surface area is 164 Å². The highest BCUT2D eigenvalue weighted by atomic mass is 127. The van der Waals surface area contributed by atoms with E-state index in [-0.39, 0.29) is 42.6 Å². The molecule has 0 saturated carbocycles. The third-order valence-corrected chi connectivity index (χ3v) is 4.10. The van der Waals surface area contributed by atoms with Gasteiger partial charge in [0.2, 0.25) is 5.91 Å². The van der Waals surface area contributed by atoms with Crippen molar-refractivity contribution in [3.05, 3.63) is 29.8 Å². The van der Waals surface area contributed by atoms with Crippen molar-refractivity contribution in [1.82, 2.24) is 5.43 Å². The van der Waals surface area contributed by atoms with Crippen molar-refractivity contribution in [2.24, 2.45) is 15.8 Å². The molecule has 138 valence electrons. The second-order valence-electron chi connectivity index (χ2n) is 6.22. The number of nitrogens with zero attached hydrogens (tertiary/aromatic N) is 2. The van der Waals surface area contributed by atoms with Crippen molar-refractivity contribution in [3.63, 3.8) is 0 Å². The van der Waals surface area contributed by atoms with Gasteiger partial charge < -0.3 is 11.1 Å². The number of aliphatic imine (C=N–C) groups is 1. The first-order valence-corrected chi connectivity index (χ1v) is 9.05. The summed E-state index contributed by atoms with van der Waals surface area (Å²) in [5.41, 5.74) is 8.75. The van der Waals surface area contributed by atoms with Gasteiger partial charge in [0.25, 0.3) is 5.91 Å². The molecule has 1 atom stereocenters. The highest BCUT2D eigenvalue weighted by Gasteiger charge is 2.28. The Morgan fingerprint density at radius 2 is 2.15 bits per heavy atom. The van der Waals surface area contributed by atoms with Crippen LogP contribution in [0.2, 0.25) is 0 Å². The molecular formula is C17H20IN5O3. The number of benzene rings is 1. The number of nitrogens with one attached hydrogen (secondary N) is 2. The van der Waals surface area contributed by atoms with Gasteiger partial charge in [-0.05, 0) is 54.1 Å². The van der Waals surface area contributed by atoms with Crippen LogP contribution in [0.5, 0.6) is 0 Å². The van der Waals surface area contributed by atoms with Crippen LogP contribution in [0.1, 0.15) is 38.7 Å². The molecule has 0 aromatic heterocycles. The Morgan fingerprint density at radius 3 is 2.73 bits per heavy atom. The molecule has 0 fully saturated rings. The fraction of sp³-hybridized carbons (Fsp3) is 0.353. The average Bonchev–Trinajstić information content (AvgIpc) is 2.54. The van der Waals surface area contributed by atoms with Crippen LogP contribution in [0.15, 0.2) is 34.4 Å². The third kappa shape index (κ3) is 5.35. The third-order valence-electron chi connectivity index (χ3n) is 3.86. The molecular weight excluding hydrogens is 449 g/mol. The summed E-state index contributed by atoms with van der Waals surface area (Å²) in [6, 6.07) is 7.09. The van der Waals surface area contributed by atoms with E-state index in [1.807, 2.05) is 35.6 Å². The average molecular weight is 469 g/mol. The van der Waals surface area contributed by atoms with Crippen LogP contribution in [-0.2, 0) is 19.9 Å². The van der Waals surface area contributed by atoms with Crippen molar-refractivity contribution in [2.75, 3.05) is 5.32 Å². The summed E-state index contributed by atoms with van der Waals surface area (Å²) in [6.45, 7) is 3.32. The molecule has 9 heteroatoms. The number of nitrogens with two attached hydrogens (primary N) is 1. The monoisotopic (exact) mass is 469 g/mol. The van der Waals surface area contributed by atoms with Crippen molar-refractivity contribution >= 4 is 55.4 Å². The Morgan fingerprint density at radius 1 is 1.42 bits per heavy atom. The highest BCUT2D eigenvalue weighted by molar-refractivity contribution is 14.1. The van der Waals surface area contributed by atoms with E-state index in [0.29, 0.717) is 9.53 Å². The maximum absolute atomic E-state index is 12.3. The van der Waals surface area contributed by atoms with Crippen LogP contribution in [-0.4, -0.2) is 27.2 Å². The quantitative estimate of drug-likeness (QED) is 0.254. The van der Waals surface area contributed by atoms with Crippen LogP contribution in [0.3, 0.4) is 0 Å². The summed E-state index contributed by atoms with van der Waals surface area (Å²) < 4.78 is 0.341. The van der Waals surface area contributed by atoms with E-state index >= 15 is 0 Å². The van der Waals surface area contributed by atoms with Gasteiger partial charge in [-0.2, -0.15) is 5.10 Å². The number of carbonyl (C=O) groups is 3. The van der Waals surface area contributed by atoms with E-state index < -0.39 is 5.54 Å². The minimum Gasteiger partial charge on any atom is -0.379 e. The fourth-order valence-electron chi connectivity index (χ4n) is 2.70. The van der Waals surface area contributed by atoms with Gasteiger partial charge in [-0.15, -0.1) is 0 Å². The van der Waals surface area contributed by atoms with E-state index in [0.717, 1.165) is 5.56 Å². The number of carbonyl (C=O) groups excluding carboxylic acids is 3. The number of hydrogen-bond donors (Lipinski definition) is 3. The first-order valence-electron chi connectivity index (χ1n) is 7.97. The molecule has 0 bridgehead atoms. The lowest BCUT2D eigenvalue weighted by Gasteiger charge is -2.25. The number of amidine groups is 1. The summed E-state index contributed by atoms with van der Waals surface area (Å²) in [7, 11) is 0. The second-order valence-corrected chi connectivity index (χ2v) is 7.32. The number of rotatable bonds is 6. The summed E-state index contributed by atoms with van der Waals surface area (Å²) >= 11 is 1.90. The van der Waals surface area contributed by atoms with E-state index in [1.54, 1.807) is 18.2 Å². The zero-order chi connectivity index (χ0) is 19.3. The number of amides is 2. The van der Waals surface area contributed by atoms with Crippen molar-refractivity contribution in [1.29, 1.82) is 0 Å². The highest BCUT2D eigenvalue weighted by Crippen LogP contribution is 2.32. The van der Waals surface area contributed by atoms with Gasteiger partial charge in [-0.1, -0.05) is 12.1 Å². The number of anilines is 1. The molecule has 1 aromatic carbocycles. The van der Waals surface area contributed by atoms with E-state index in [1.165, 1.54) is 6.92 Å². The second kappa shape index (κ2) is 8.39. The maximum Gasteiger partial charge on any atom is 0.271 e. The predicted molar refractivity (Wildman–Crippen MR) is 108 cm³/mol. The molecule has 1 heterocycles. The predicted octanol–water partition coefficient (Wildman–Crippen LogP) is 1.84. The number of Topliss-reactive ketones (excluding diaryl/α,β-unsaturated/α-hetero) is 1. The number of halogens is 1. The first kappa shape index (κ1) is 20.0. The molecule has 1 unspecified atom stereocenters. The standard InChI is InChI=1S/C17H20IN5O3/c1-10(24)9-17(2,21-16(18)19)11-4-3-5-12(8-11)20-15(26)13-6-7-14(25)23-22-13/h3-5,8H,6-7,9H2,1-2H3,(H2,19,21)(H,20,26)(H,23,25). The lowest BCUT2D eigenvalue weighted by molar-refractivity contribution is -0.121. The Balaban J connectivity index is 2.25. The number of hydrazone groups is 1. The van der Waals surface area contributed by atoms with Gasteiger partial charge in [-0.3, -0.25) is 19.4 Å². The van der Waals surface area contributed by atoms with Crippen molar-refractivity contribution < 1.29 is 14.4 Å². The summed E-state index contributed by atoms with van der Waals surface area (Å²) in [5, 5.41) is 6.54. The zero-order valence-electron chi connectivity index (χ0n) is 14.5. The molecule has 4 N–H and O–H groups in total. The Kier molecular flexibility index (Phi) is 6.46. The minimum atomic E-state index is -0.825. The van der Waals surface area contributed by atoms with Crippen LogP contribution in [0.25, 0.3) is 0 Å². The molecule has 0 radical (unpaired) electrons. The lowest BCUT2D eigenvalue weighted by Crippen LogP contribution is -2.32. The van der Waals surface area contributed by atoms with Crippen LogP contribution < -0.4 is 16.5 Å². The lowest BCUT2D eigenvalue weighted by atomic mass is 9.87. The zero-order valence-corrected chi connectivity index (χ0v) is 16.7. The van der Waals surface area contributed by atoms with Crippen molar-refractivity contribution in [2.45, 2.75) is 38.6 Å². The van der Waals surface area contributed by atoms with Crippen LogP contribution in [0, 0.1) is 0 Å². The first-order chi connectivity index (χ1) is 12.2. The molecule has 1 aromatic rings. The Bertz CT molecular complexity index is 801. The van der Waals surface area contributed by atoms with E-state index in [2.05, 4.69) is 20.8 Å². The molecule has 0 saturated heterocycles. The molecule has 0 spiro atoms. The van der Waals surface area contributed by atoms with Gasteiger partial charge in [0.05, 0.1) is 5.54 Å². The van der Waals surface area contributed by atoms with Crippen molar-refractivity contribution in [3.8, 4) is 0 Å². The molecule has 2 rings (SSSR count). The molecule has 2 amide bonds. The van der Waals surface area contributed by atoms with Gasteiger partial charge in [0, 0.05) is 24.9 Å². The van der Waals surface area contributed by atoms with Crippen LogP contribution in [0.4, 0.5) is 5.69 Å². The Hall–Kier alpha value is -2.30. The SMILES string of the molecule is CC(=O)CC(C)(N=C(N)I)c1cccc(NC(=O)C2=NNC(=O)CC2)c1. The summed E-state index contributed by atoms with van der Waals surface area (Å²) in [6.07, 6.45) is 0.703. The number of hydrogen-bond acceptors (Lipinski definition) is 5. The summed E-state index contributed by atoms with van der Waals surface area (Å²) in [5.74, 6) is -0.610. The van der Waals surface area contributed by atoms with E-state index in [9.17, 15) is 14.4 Å². The minimum absolute atomic E-state index is 0.0179. The van der Waals surface area contributed by atoms with Gasteiger partial charge in [0.1, 0.15) is 11.5 Å². The molecule has 0 aliphatic carbocycles. The van der Waals surface area contributed by atoms with Crippen LogP contribution >= 0.6 is 22.6 Å². The topological polar surface area (TPSA) is 126 Å². The summed E-state index contributed by atoms with van der Waals surface area (Å²) in [4.78, 5) is 39.5. The smallest absolute Gasteiger partial charge is 0.271 e. The van der Waals surface area contributed by atoms with Gasteiger partial charge in [-0.25, -0.2) is 5.43 Å². The largest absolute Gasteiger partial charge is 0.379 e. The normalized spacial score (nSPS) is 17.0. The van der Waals surface area contributed by atoms with Gasteiger partial charge in [0.15, 0.2) is 3.84 Å². The molecule has 1 aliphatic rings. The molecule has 1 aliphatic heterocycles. The number of ketones is 1.